The Balaban J connectivity index is 1.62. The molecule has 3 N–H and O–H groups in total. The lowest BCUT2D eigenvalue weighted by molar-refractivity contribution is 0.151. The van der Waals surface area contributed by atoms with Crippen LogP contribution in [0.3, 0.4) is 0 Å². The molecule has 0 amide bonds. The van der Waals surface area contributed by atoms with Crippen molar-refractivity contribution >= 4 is 32.4 Å². The maximum Gasteiger partial charge on any atom is 0.276 e. The highest BCUT2D eigenvalue weighted by molar-refractivity contribution is 7.91. The number of nitrogens with zero attached hydrogens (tertiary/aromatic N) is 4. The number of aliphatic hydroxyl groups excluding tert-OH is 1. The summed E-state index contributed by atoms with van der Waals surface area (Å²) in [5, 5.41) is 16.1. The normalized spacial score (nSPS) is 15.9. The highest BCUT2D eigenvalue weighted by Crippen LogP contribution is 2.35. The van der Waals surface area contributed by atoms with Gasteiger partial charge >= 0.3 is 0 Å². The summed E-state index contributed by atoms with van der Waals surface area (Å²) in [6.45, 7) is 6.73. The van der Waals surface area contributed by atoms with Crippen molar-refractivity contribution in [3.63, 3.8) is 0 Å². The monoisotopic (exact) mass is 510 g/mol. The zero-order chi connectivity index (χ0) is 24.3. The number of aromatic amines is 2. The van der Waals surface area contributed by atoms with Gasteiger partial charge in [-0.2, -0.15) is 9.40 Å². The average molecular weight is 511 g/mol. The van der Waals surface area contributed by atoms with Crippen molar-refractivity contribution in [2.24, 2.45) is 0 Å². The van der Waals surface area contributed by atoms with E-state index in [1.54, 1.807) is 6.07 Å². The zero-order valence-electron chi connectivity index (χ0n) is 19.3. The summed E-state index contributed by atoms with van der Waals surface area (Å²) in [6, 6.07) is 1.57. The molecule has 1 saturated heterocycles. The van der Waals surface area contributed by atoms with Gasteiger partial charge in [-0.1, -0.05) is 13.3 Å². The number of H-pyrrole nitrogens is 2. The SMILES string of the molecule is CCCc1n[nH]c2c(=O)[nH]c(Cc3sc(S(=O)(=O)N4CCN(CCO)CC4)cc3OCC)nc12. The van der Waals surface area contributed by atoms with Gasteiger partial charge in [-0.3, -0.25) is 14.8 Å². The predicted molar refractivity (Wildman–Crippen MR) is 129 cm³/mol. The molecule has 0 spiro atoms. The number of nitrogens with one attached hydrogen (secondary N) is 2. The summed E-state index contributed by atoms with van der Waals surface area (Å²) in [6.07, 6.45) is 1.81. The molecule has 0 bridgehead atoms. The molecular weight excluding hydrogens is 480 g/mol. The first kappa shape index (κ1) is 24.8. The molecule has 0 radical (unpaired) electrons. The summed E-state index contributed by atoms with van der Waals surface area (Å²) in [5.74, 6) is 0.911. The summed E-state index contributed by atoms with van der Waals surface area (Å²) >= 11 is 1.14. The fourth-order valence-corrected chi connectivity index (χ4v) is 7.06. The molecule has 1 fully saturated rings. The first-order valence-electron chi connectivity index (χ1n) is 11.4. The molecule has 4 rings (SSSR count). The van der Waals surface area contributed by atoms with Crippen LogP contribution in [0.1, 0.15) is 36.7 Å². The number of fused-ring (bicyclic) bond motifs is 1. The van der Waals surface area contributed by atoms with Crippen molar-refractivity contribution in [3.05, 3.63) is 32.8 Å². The Labute approximate surface area is 201 Å². The van der Waals surface area contributed by atoms with Gasteiger partial charge in [0.25, 0.3) is 15.6 Å². The second-order valence-corrected chi connectivity index (χ2v) is 11.4. The van der Waals surface area contributed by atoms with Crippen LogP contribution in [0, 0.1) is 0 Å². The third-order valence-electron chi connectivity index (χ3n) is 5.75. The lowest BCUT2D eigenvalue weighted by Gasteiger charge is -2.33. The van der Waals surface area contributed by atoms with E-state index in [1.807, 2.05) is 18.7 Å². The standard InChI is InChI=1S/C21H30N6O5S2/c1-3-5-14-19-20(25-24-14)21(29)23-17(22-19)13-16-15(32-4-2)12-18(33-16)34(30,31)27-8-6-26(7-9-27)10-11-28/h12,28H,3-11,13H2,1-2H3,(H,24,25)(H,22,23,29). The lowest BCUT2D eigenvalue weighted by Crippen LogP contribution is -2.49. The quantitative estimate of drug-likeness (QED) is 0.366. The van der Waals surface area contributed by atoms with Gasteiger partial charge in [0.15, 0.2) is 0 Å². The van der Waals surface area contributed by atoms with Crippen LogP contribution in [0.2, 0.25) is 0 Å². The van der Waals surface area contributed by atoms with Crippen LogP contribution in [0.4, 0.5) is 0 Å². The Bertz CT molecular complexity index is 1290. The van der Waals surface area contributed by atoms with Gasteiger partial charge in [-0.05, 0) is 13.3 Å². The van der Waals surface area contributed by atoms with Crippen molar-refractivity contribution in [2.75, 3.05) is 45.9 Å². The fraction of sp³-hybridized carbons (Fsp3) is 0.571. The summed E-state index contributed by atoms with van der Waals surface area (Å²) in [4.78, 5) is 22.7. The molecule has 3 aromatic heterocycles. The minimum atomic E-state index is -3.69. The molecule has 0 unspecified atom stereocenters. The predicted octanol–water partition coefficient (Wildman–Crippen LogP) is 0.948. The third kappa shape index (κ3) is 5.03. The van der Waals surface area contributed by atoms with E-state index in [1.165, 1.54) is 4.31 Å². The van der Waals surface area contributed by atoms with Gasteiger partial charge in [0.2, 0.25) is 0 Å². The Kier molecular flexibility index (Phi) is 7.67. The number of piperazine rings is 1. The number of hydrogen-bond acceptors (Lipinski definition) is 9. The van der Waals surface area contributed by atoms with E-state index in [-0.39, 0.29) is 22.8 Å². The minimum Gasteiger partial charge on any atom is -0.493 e. The molecule has 4 heterocycles. The fourth-order valence-electron chi connectivity index (χ4n) is 4.03. The average Bonchev–Trinajstić information content (AvgIpc) is 3.40. The van der Waals surface area contributed by atoms with Crippen LogP contribution in [-0.4, -0.2) is 88.8 Å². The van der Waals surface area contributed by atoms with Crippen molar-refractivity contribution in [1.29, 1.82) is 0 Å². The molecule has 186 valence electrons. The van der Waals surface area contributed by atoms with E-state index in [2.05, 4.69) is 20.2 Å². The Morgan fingerprint density at radius 2 is 2.00 bits per heavy atom. The number of ether oxygens (including phenoxy) is 1. The highest BCUT2D eigenvalue weighted by Gasteiger charge is 2.31. The maximum atomic E-state index is 13.3. The second kappa shape index (κ2) is 10.5. The van der Waals surface area contributed by atoms with Crippen molar-refractivity contribution in [3.8, 4) is 5.75 Å². The molecule has 1 aliphatic rings. The summed E-state index contributed by atoms with van der Waals surface area (Å²) < 4.78 is 34.0. The van der Waals surface area contributed by atoms with Gasteiger partial charge in [0.1, 0.15) is 26.8 Å². The molecule has 13 heteroatoms. The van der Waals surface area contributed by atoms with E-state index in [4.69, 9.17) is 9.84 Å². The topological polar surface area (TPSA) is 145 Å². The van der Waals surface area contributed by atoms with Gasteiger partial charge in [0.05, 0.1) is 23.8 Å². The molecule has 1 aliphatic heterocycles. The molecule has 0 saturated carbocycles. The second-order valence-electron chi connectivity index (χ2n) is 8.09. The Morgan fingerprint density at radius 3 is 2.68 bits per heavy atom. The Morgan fingerprint density at radius 1 is 1.24 bits per heavy atom. The zero-order valence-corrected chi connectivity index (χ0v) is 21.0. The lowest BCUT2D eigenvalue weighted by atomic mass is 10.2. The van der Waals surface area contributed by atoms with E-state index in [0.717, 1.165) is 23.5 Å². The van der Waals surface area contributed by atoms with E-state index < -0.39 is 10.0 Å². The van der Waals surface area contributed by atoms with Gasteiger partial charge in [-0.25, -0.2) is 13.4 Å². The summed E-state index contributed by atoms with van der Waals surface area (Å²) in [7, 11) is -3.69. The first-order valence-corrected chi connectivity index (χ1v) is 13.7. The first-order chi connectivity index (χ1) is 16.4. The number of aromatic nitrogens is 4. The van der Waals surface area contributed by atoms with E-state index >= 15 is 0 Å². The number of rotatable bonds is 10. The molecule has 3 aromatic rings. The van der Waals surface area contributed by atoms with E-state index in [0.29, 0.717) is 73.2 Å². The maximum absolute atomic E-state index is 13.3. The van der Waals surface area contributed by atoms with Gasteiger partial charge in [0, 0.05) is 45.2 Å². The number of β-amino-alcohol motifs (C(OH)–C–C–N with tert-alkyl or cyclic N) is 1. The van der Waals surface area contributed by atoms with Crippen molar-refractivity contribution in [2.45, 2.75) is 37.3 Å². The van der Waals surface area contributed by atoms with Crippen molar-refractivity contribution in [1.82, 2.24) is 29.4 Å². The molecule has 11 nitrogen and oxygen atoms in total. The third-order valence-corrected chi connectivity index (χ3v) is 9.21. The summed E-state index contributed by atoms with van der Waals surface area (Å²) in [5.41, 5.74) is 1.32. The molecule has 0 aliphatic carbocycles. The molecule has 34 heavy (non-hydrogen) atoms. The van der Waals surface area contributed by atoms with Crippen LogP contribution in [0.25, 0.3) is 11.0 Å². The molecular formula is C21H30N6O5S2. The smallest absolute Gasteiger partial charge is 0.276 e. The number of thiophene rings is 1. The van der Waals surface area contributed by atoms with Crippen LogP contribution < -0.4 is 10.3 Å². The number of hydrogen-bond donors (Lipinski definition) is 3. The van der Waals surface area contributed by atoms with E-state index in [9.17, 15) is 13.2 Å². The Hall–Kier alpha value is -2.32. The number of aliphatic hydroxyl groups is 1. The van der Waals surface area contributed by atoms with Crippen LogP contribution in [0.15, 0.2) is 15.1 Å². The number of sulfonamides is 1. The largest absolute Gasteiger partial charge is 0.493 e. The minimum absolute atomic E-state index is 0.0550. The van der Waals surface area contributed by atoms with Crippen LogP contribution in [-0.2, 0) is 22.9 Å². The van der Waals surface area contributed by atoms with Gasteiger partial charge in [-0.15, -0.1) is 11.3 Å². The highest BCUT2D eigenvalue weighted by atomic mass is 32.2. The molecule has 0 aromatic carbocycles. The van der Waals surface area contributed by atoms with Crippen LogP contribution in [0.5, 0.6) is 5.75 Å². The van der Waals surface area contributed by atoms with Gasteiger partial charge < -0.3 is 14.8 Å². The van der Waals surface area contributed by atoms with Crippen molar-refractivity contribution < 1.29 is 18.3 Å². The molecule has 0 atom stereocenters. The van der Waals surface area contributed by atoms with Crippen LogP contribution >= 0.6 is 11.3 Å². The number of aryl methyl sites for hydroxylation is 1.